The molecule has 3 N–H and O–H groups in total. The summed E-state index contributed by atoms with van der Waals surface area (Å²) in [5.41, 5.74) is 4.41. The number of rotatable bonds is 5. The van der Waals surface area contributed by atoms with Crippen LogP contribution in [-0.4, -0.2) is 54.4 Å². The van der Waals surface area contributed by atoms with Crippen molar-refractivity contribution in [3.05, 3.63) is 0 Å². The largest absolute Gasteiger partial charge is 0.444 e. The summed E-state index contributed by atoms with van der Waals surface area (Å²) in [6.07, 6.45) is -5.95. The van der Waals surface area contributed by atoms with Crippen LogP contribution < -0.4 is 11.1 Å². The number of hydrogen-bond donors (Lipinski definition) is 2. The van der Waals surface area contributed by atoms with E-state index in [0.717, 1.165) is 0 Å². The number of likely N-dealkylation sites (tertiary alicyclic amines) is 1. The van der Waals surface area contributed by atoms with Crippen LogP contribution in [0.5, 0.6) is 0 Å². The topological polar surface area (TPSA) is 84.7 Å². The number of carbonyl (C=O) groups excluding carboxylic acids is 2. The van der Waals surface area contributed by atoms with Crippen LogP contribution in [0.25, 0.3) is 0 Å². The molecule has 0 bridgehead atoms. The maximum Gasteiger partial charge on any atom is 0.407 e. The van der Waals surface area contributed by atoms with Crippen molar-refractivity contribution in [2.45, 2.75) is 51.4 Å². The zero-order valence-corrected chi connectivity index (χ0v) is 13.6. The van der Waals surface area contributed by atoms with Gasteiger partial charge in [0.25, 0.3) is 0 Å². The number of primary amides is 1. The number of amides is 2. The fourth-order valence-electron chi connectivity index (χ4n) is 2.46. The number of ether oxygens (including phenoxy) is 1. The van der Waals surface area contributed by atoms with Gasteiger partial charge in [-0.25, -0.2) is 4.79 Å². The second-order valence-corrected chi connectivity index (χ2v) is 6.81. The van der Waals surface area contributed by atoms with Gasteiger partial charge in [-0.15, -0.1) is 0 Å². The van der Waals surface area contributed by atoms with E-state index in [1.54, 1.807) is 25.7 Å². The lowest BCUT2D eigenvalue weighted by atomic mass is 10.1. The van der Waals surface area contributed by atoms with Gasteiger partial charge in [-0.3, -0.25) is 4.79 Å². The molecule has 1 rings (SSSR count). The first-order chi connectivity index (χ1) is 10.4. The third-order valence-electron chi connectivity index (χ3n) is 3.35. The van der Waals surface area contributed by atoms with Gasteiger partial charge in [0, 0.05) is 13.1 Å². The van der Waals surface area contributed by atoms with Crippen LogP contribution in [0.15, 0.2) is 0 Å². The molecule has 0 radical (unpaired) electrons. The SMILES string of the molecule is CC(C)(C)OC(=O)NC(CN1CCC(C(N)=O)C1)CC(F)(F)F. The van der Waals surface area contributed by atoms with Crippen molar-refractivity contribution in [3.63, 3.8) is 0 Å². The van der Waals surface area contributed by atoms with Gasteiger partial charge in [0.15, 0.2) is 0 Å². The molecule has 2 amide bonds. The molecule has 2 unspecified atom stereocenters. The summed E-state index contributed by atoms with van der Waals surface area (Å²) < 4.78 is 43.1. The maximum atomic E-state index is 12.7. The average molecular weight is 339 g/mol. The van der Waals surface area contributed by atoms with Gasteiger partial charge < -0.3 is 20.7 Å². The summed E-state index contributed by atoms with van der Waals surface area (Å²) in [5, 5.41) is 2.26. The number of alkyl carbamates (subject to hydrolysis) is 1. The Labute approximate surface area is 133 Å². The molecular weight excluding hydrogens is 315 g/mol. The molecule has 1 fully saturated rings. The molecule has 0 aromatic carbocycles. The Kier molecular flexibility index (Phi) is 6.26. The molecule has 0 aromatic heterocycles. The Bertz CT molecular complexity index is 435. The zero-order valence-electron chi connectivity index (χ0n) is 13.6. The number of halogens is 3. The number of nitrogens with two attached hydrogens (primary N) is 1. The molecule has 9 heteroatoms. The maximum absolute atomic E-state index is 12.7. The van der Waals surface area contributed by atoms with E-state index in [0.29, 0.717) is 19.5 Å². The van der Waals surface area contributed by atoms with Crippen LogP contribution in [0.1, 0.15) is 33.6 Å². The van der Waals surface area contributed by atoms with Crippen LogP contribution in [0.2, 0.25) is 0 Å². The standard InChI is InChI=1S/C14H24F3N3O3/c1-13(2,3)23-12(22)19-10(6-14(15,16)17)8-20-5-4-9(7-20)11(18)21/h9-10H,4-8H2,1-3H3,(H2,18,21)(H,19,22). The van der Waals surface area contributed by atoms with Crippen molar-refractivity contribution >= 4 is 12.0 Å². The molecule has 0 saturated carbocycles. The highest BCUT2D eigenvalue weighted by atomic mass is 19.4. The van der Waals surface area contributed by atoms with Crippen molar-refractivity contribution in [2.24, 2.45) is 11.7 Å². The second-order valence-electron chi connectivity index (χ2n) is 6.81. The molecule has 1 heterocycles. The second kappa shape index (κ2) is 7.37. The van der Waals surface area contributed by atoms with Gasteiger partial charge >= 0.3 is 12.3 Å². The quantitative estimate of drug-likeness (QED) is 0.797. The number of alkyl halides is 3. The molecule has 0 aliphatic carbocycles. The number of hydrogen-bond acceptors (Lipinski definition) is 4. The zero-order chi connectivity index (χ0) is 17.8. The predicted molar refractivity (Wildman–Crippen MR) is 77.6 cm³/mol. The highest BCUT2D eigenvalue weighted by Gasteiger charge is 2.36. The van der Waals surface area contributed by atoms with Gasteiger partial charge in [0.2, 0.25) is 5.91 Å². The minimum absolute atomic E-state index is 0.0114. The predicted octanol–water partition coefficient (Wildman–Crippen LogP) is 1.64. The van der Waals surface area contributed by atoms with Gasteiger partial charge in [0.05, 0.1) is 18.4 Å². The first kappa shape index (κ1) is 19.5. The van der Waals surface area contributed by atoms with E-state index in [-0.39, 0.29) is 12.5 Å². The Morgan fingerprint density at radius 2 is 1.96 bits per heavy atom. The molecule has 1 saturated heterocycles. The average Bonchev–Trinajstić information content (AvgIpc) is 2.71. The van der Waals surface area contributed by atoms with Gasteiger partial charge in [-0.05, 0) is 33.7 Å². The smallest absolute Gasteiger partial charge is 0.407 e. The summed E-state index contributed by atoms with van der Waals surface area (Å²) >= 11 is 0. The summed E-state index contributed by atoms with van der Waals surface area (Å²) in [5.74, 6) is -0.817. The van der Waals surface area contributed by atoms with E-state index in [4.69, 9.17) is 10.5 Å². The van der Waals surface area contributed by atoms with Crippen molar-refractivity contribution in [1.82, 2.24) is 10.2 Å². The molecule has 2 atom stereocenters. The summed E-state index contributed by atoms with van der Waals surface area (Å²) in [6, 6.07) is -1.14. The third-order valence-corrected chi connectivity index (χ3v) is 3.35. The molecule has 6 nitrogen and oxygen atoms in total. The van der Waals surface area contributed by atoms with Crippen LogP contribution in [0, 0.1) is 5.92 Å². The minimum atomic E-state index is -4.41. The fraction of sp³-hybridized carbons (Fsp3) is 0.857. The fourth-order valence-corrected chi connectivity index (χ4v) is 2.46. The number of nitrogens with one attached hydrogen (secondary N) is 1. The van der Waals surface area contributed by atoms with Crippen molar-refractivity contribution in [1.29, 1.82) is 0 Å². The third kappa shape index (κ3) is 8.06. The normalized spacial score (nSPS) is 21.0. The summed E-state index contributed by atoms with van der Waals surface area (Å²) in [7, 11) is 0. The van der Waals surface area contributed by atoms with E-state index < -0.39 is 36.2 Å². The Balaban J connectivity index is 2.63. The van der Waals surface area contributed by atoms with Crippen molar-refractivity contribution in [2.75, 3.05) is 19.6 Å². The van der Waals surface area contributed by atoms with Crippen molar-refractivity contribution < 1.29 is 27.5 Å². The monoisotopic (exact) mass is 339 g/mol. The van der Waals surface area contributed by atoms with Crippen LogP contribution in [-0.2, 0) is 9.53 Å². The molecule has 1 aliphatic rings. The Morgan fingerprint density at radius 3 is 2.39 bits per heavy atom. The lowest BCUT2D eigenvalue weighted by Crippen LogP contribution is -2.47. The Hall–Kier alpha value is -1.51. The first-order valence-electron chi connectivity index (χ1n) is 7.43. The van der Waals surface area contributed by atoms with E-state index in [1.807, 2.05) is 0 Å². The van der Waals surface area contributed by atoms with Gasteiger partial charge in [-0.2, -0.15) is 13.2 Å². The van der Waals surface area contributed by atoms with E-state index >= 15 is 0 Å². The van der Waals surface area contributed by atoms with Crippen LogP contribution >= 0.6 is 0 Å². The summed E-state index contributed by atoms with van der Waals surface area (Å²) in [4.78, 5) is 24.5. The van der Waals surface area contributed by atoms with Crippen molar-refractivity contribution in [3.8, 4) is 0 Å². The lowest BCUT2D eigenvalue weighted by Gasteiger charge is -2.27. The highest BCUT2D eigenvalue weighted by Crippen LogP contribution is 2.24. The summed E-state index contributed by atoms with van der Waals surface area (Å²) in [6.45, 7) is 5.65. The van der Waals surface area contributed by atoms with E-state index in [9.17, 15) is 22.8 Å². The highest BCUT2D eigenvalue weighted by molar-refractivity contribution is 5.77. The molecule has 23 heavy (non-hydrogen) atoms. The molecule has 134 valence electrons. The van der Waals surface area contributed by atoms with Gasteiger partial charge in [-0.1, -0.05) is 0 Å². The van der Waals surface area contributed by atoms with E-state index in [2.05, 4.69) is 5.32 Å². The molecule has 0 spiro atoms. The number of nitrogens with zero attached hydrogens (tertiary/aromatic N) is 1. The van der Waals surface area contributed by atoms with Crippen LogP contribution in [0.4, 0.5) is 18.0 Å². The van der Waals surface area contributed by atoms with Gasteiger partial charge in [0.1, 0.15) is 5.60 Å². The first-order valence-corrected chi connectivity index (χ1v) is 7.43. The Morgan fingerprint density at radius 1 is 1.35 bits per heavy atom. The van der Waals surface area contributed by atoms with Crippen LogP contribution in [0.3, 0.4) is 0 Å². The molecule has 0 aromatic rings. The minimum Gasteiger partial charge on any atom is -0.444 e. The van der Waals surface area contributed by atoms with E-state index in [1.165, 1.54) is 0 Å². The molecular formula is C14H24F3N3O3. The molecule has 1 aliphatic heterocycles. The lowest BCUT2D eigenvalue weighted by molar-refractivity contribution is -0.140. The number of carbonyl (C=O) groups is 2.